The quantitative estimate of drug-likeness (QED) is 0.862. The molecule has 126 valence electrons. The number of hydrogen-bond donors (Lipinski definition) is 2. The summed E-state index contributed by atoms with van der Waals surface area (Å²) in [5.74, 6) is 0. The van der Waals surface area contributed by atoms with Crippen molar-refractivity contribution >= 4 is 17.4 Å². The number of thiazole rings is 1. The van der Waals surface area contributed by atoms with Crippen molar-refractivity contribution in [3.05, 3.63) is 16.6 Å². The van der Waals surface area contributed by atoms with Gasteiger partial charge in [0.1, 0.15) is 16.7 Å². The van der Waals surface area contributed by atoms with Gasteiger partial charge in [0, 0.05) is 18.0 Å². The molecule has 0 fully saturated rings. The molecule has 0 aliphatic heterocycles. The summed E-state index contributed by atoms with van der Waals surface area (Å²) in [6.45, 7) is 4.90. The van der Waals surface area contributed by atoms with Crippen molar-refractivity contribution in [1.82, 2.24) is 10.3 Å². The first-order valence-electron chi connectivity index (χ1n) is 6.61. The number of carbonyl (C=O) groups is 1. The third kappa shape index (κ3) is 7.08. The standard InChI is InChI=1S/C13H19F3N2O3S/c1-12(2,3)21-11(20)18-8(4-5-13(14,15)16)9(19)10-17-6-7-22-10/h6-9,19H,4-5H2,1-3H3,(H,18,20). The maximum absolute atomic E-state index is 12.4. The molecular weight excluding hydrogens is 321 g/mol. The lowest BCUT2D eigenvalue weighted by Crippen LogP contribution is -2.42. The van der Waals surface area contributed by atoms with Crippen molar-refractivity contribution in [3.8, 4) is 0 Å². The molecule has 1 heterocycles. The Morgan fingerprint density at radius 3 is 2.55 bits per heavy atom. The molecule has 0 aromatic carbocycles. The van der Waals surface area contributed by atoms with Gasteiger partial charge in [-0.2, -0.15) is 13.2 Å². The zero-order valence-corrected chi connectivity index (χ0v) is 13.3. The van der Waals surface area contributed by atoms with Crippen LogP contribution < -0.4 is 5.32 Å². The van der Waals surface area contributed by atoms with Crippen LogP contribution in [0.2, 0.25) is 0 Å². The minimum Gasteiger partial charge on any atom is -0.444 e. The van der Waals surface area contributed by atoms with Gasteiger partial charge in [-0.1, -0.05) is 0 Å². The molecule has 0 saturated carbocycles. The first kappa shape index (κ1) is 18.7. The molecule has 5 nitrogen and oxygen atoms in total. The molecule has 0 radical (unpaired) electrons. The van der Waals surface area contributed by atoms with Crippen LogP contribution in [0.4, 0.5) is 18.0 Å². The summed E-state index contributed by atoms with van der Waals surface area (Å²) in [4.78, 5) is 15.6. The van der Waals surface area contributed by atoms with Crippen molar-refractivity contribution in [1.29, 1.82) is 0 Å². The van der Waals surface area contributed by atoms with Crippen LogP contribution in [-0.4, -0.2) is 34.0 Å². The summed E-state index contributed by atoms with van der Waals surface area (Å²) in [7, 11) is 0. The summed E-state index contributed by atoms with van der Waals surface area (Å²) >= 11 is 1.10. The number of alkyl carbamates (subject to hydrolysis) is 1. The highest BCUT2D eigenvalue weighted by Crippen LogP contribution is 2.27. The lowest BCUT2D eigenvalue weighted by atomic mass is 10.1. The number of aliphatic hydroxyl groups is 1. The van der Waals surface area contributed by atoms with Crippen LogP contribution in [0.15, 0.2) is 11.6 Å². The summed E-state index contributed by atoms with van der Waals surface area (Å²) in [5.41, 5.74) is -0.787. The van der Waals surface area contributed by atoms with Crippen molar-refractivity contribution in [3.63, 3.8) is 0 Å². The molecule has 1 aromatic heterocycles. The van der Waals surface area contributed by atoms with Gasteiger partial charge >= 0.3 is 12.3 Å². The van der Waals surface area contributed by atoms with Crippen molar-refractivity contribution in [2.24, 2.45) is 0 Å². The largest absolute Gasteiger partial charge is 0.444 e. The second-order valence-electron chi connectivity index (χ2n) is 5.72. The SMILES string of the molecule is CC(C)(C)OC(=O)NC(CCC(F)(F)F)C(O)c1nccs1. The number of halogens is 3. The molecule has 0 spiro atoms. The Morgan fingerprint density at radius 2 is 2.09 bits per heavy atom. The lowest BCUT2D eigenvalue weighted by molar-refractivity contribution is -0.138. The van der Waals surface area contributed by atoms with E-state index in [1.807, 2.05) is 0 Å². The second-order valence-corrected chi connectivity index (χ2v) is 6.65. The molecule has 9 heteroatoms. The maximum atomic E-state index is 12.4. The van der Waals surface area contributed by atoms with E-state index < -0.39 is 42.9 Å². The Hall–Kier alpha value is -1.35. The van der Waals surface area contributed by atoms with Gasteiger partial charge in [0.15, 0.2) is 0 Å². The Bertz CT molecular complexity index is 472. The van der Waals surface area contributed by atoms with Crippen LogP contribution in [0.1, 0.15) is 44.7 Å². The fourth-order valence-electron chi connectivity index (χ4n) is 1.64. The van der Waals surface area contributed by atoms with E-state index in [1.165, 1.54) is 6.20 Å². The molecule has 1 amide bonds. The van der Waals surface area contributed by atoms with E-state index in [-0.39, 0.29) is 5.01 Å². The second kappa shape index (κ2) is 7.28. The zero-order chi connectivity index (χ0) is 17.0. The molecule has 0 saturated heterocycles. The number of aromatic nitrogens is 1. The van der Waals surface area contributed by atoms with E-state index in [1.54, 1.807) is 26.2 Å². The van der Waals surface area contributed by atoms with Crippen LogP contribution >= 0.6 is 11.3 Å². The molecule has 0 aliphatic rings. The molecule has 2 atom stereocenters. The highest BCUT2D eigenvalue weighted by molar-refractivity contribution is 7.09. The Balaban J connectivity index is 2.75. The maximum Gasteiger partial charge on any atom is 0.407 e. The van der Waals surface area contributed by atoms with Gasteiger partial charge < -0.3 is 15.2 Å². The monoisotopic (exact) mass is 340 g/mol. The van der Waals surface area contributed by atoms with Crippen LogP contribution in [0.25, 0.3) is 0 Å². The zero-order valence-electron chi connectivity index (χ0n) is 12.5. The summed E-state index contributed by atoms with van der Waals surface area (Å²) < 4.78 is 42.2. The minimum absolute atomic E-state index is 0.239. The topological polar surface area (TPSA) is 71.5 Å². The van der Waals surface area contributed by atoms with Gasteiger partial charge in [0.25, 0.3) is 0 Å². The number of nitrogens with zero attached hydrogens (tertiary/aromatic N) is 1. The van der Waals surface area contributed by atoms with Crippen molar-refractivity contribution < 1.29 is 27.8 Å². The van der Waals surface area contributed by atoms with Crippen molar-refractivity contribution in [2.75, 3.05) is 0 Å². The molecular formula is C13H19F3N2O3S. The average Bonchev–Trinajstić information content (AvgIpc) is 2.83. The predicted molar refractivity (Wildman–Crippen MR) is 75.5 cm³/mol. The van der Waals surface area contributed by atoms with Crippen molar-refractivity contribution in [2.45, 2.75) is 57.5 Å². The highest BCUT2D eigenvalue weighted by atomic mass is 32.1. The Labute approximate surface area is 130 Å². The van der Waals surface area contributed by atoms with E-state index in [9.17, 15) is 23.1 Å². The van der Waals surface area contributed by atoms with Gasteiger partial charge in [-0.05, 0) is 27.2 Å². The van der Waals surface area contributed by atoms with Crippen LogP contribution in [0, 0.1) is 0 Å². The van der Waals surface area contributed by atoms with Gasteiger partial charge in [0.2, 0.25) is 0 Å². The summed E-state index contributed by atoms with van der Waals surface area (Å²) in [5, 5.41) is 14.2. The number of carbonyl (C=O) groups excluding carboxylic acids is 1. The molecule has 1 rings (SSSR count). The number of aliphatic hydroxyl groups excluding tert-OH is 1. The Morgan fingerprint density at radius 1 is 1.45 bits per heavy atom. The van der Waals surface area contributed by atoms with E-state index in [4.69, 9.17) is 4.74 Å². The molecule has 2 unspecified atom stereocenters. The van der Waals surface area contributed by atoms with Gasteiger partial charge in [-0.3, -0.25) is 0 Å². The molecule has 0 bridgehead atoms. The third-order valence-electron chi connectivity index (χ3n) is 2.53. The molecule has 2 N–H and O–H groups in total. The number of nitrogens with one attached hydrogen (secondary N) is 1. The average molecular weight is 340 g/mol. The summed E-state index contributed by atoms with van der Waals surface area (Å²) in [6, 6.07) is -1.14. The third-order valence-corrected chi connectivity index (χ3v) is 3.37. The number of alkyl halides is 3. The van der Waals surface area contributed by atoms with Gasteiger partial charge in [-0.25, -0.2) is 9.78 Å². The molecule has 22 heavy (non-hydrogen) atoms. The fourth-order valence-corrected chi connectivity index (χ4v) is 2.33. The number of rotatable bonds is 5. The predicted octanol–water partition coefficient (Wildman–Crippen LogP) is 3.41. The first-order chi connectivity index (χ1) is 9.98. The van der Waals surface area contributed by atoms with Crippen LogP contribution in [0.5, 0.6) is 0 Å². The van der Waals surface area contributed by atoms with E-state index in [0.29, 0.717) is 0 Å². The Kier molecular flexibility index (Phi) is 6.18. The van der Waals surface area contributed by atoms with E-state index in [0.717, 1.165) is 11.3 Å². The van der Waals surface area contributed by atoms with E-state index in [2.05, 4.69) is 10.3 Å². The number of hydrogen-bond acceptors (Lipinski definition) is 5. The molecule has 1 aromatic rings. The highest BCUT2D eigenvalue weighted by Gasteiger charge is 2.33. The van der Waals surface area contributed by atoms with Gasteiger partial charge in [0.05, 0.1) is 6.04 Å². The van der Waals surface area contributed by atoms with Crippen LogP contribution in [0.3, 0.4) is 0 Å². The molecule has 0 aliphatic carbocycles. The van der Waals surface area contributed by atoms with Gasteiger partial charge in [-0.15, -0.1) is 11.3 Å². The summed E-state index contributed by atoms with van der Waals surface area (Å²) in [6.07, 6.45) is -6.75. The minimum atomic E-state index is -4.38. The first-order valence-corrected chi connectivity index (χ1v) is 7.49. The number of ether oxygens (including phenoxy) is 1. The van der Waals surface area contributed by atoms with Crippen LogP contribution in [-0.2, 0) is 4.74 Å². The van der Waals surface area contributed by atoms with E-state index >= 15 is 0 Å². The smallest absolute Gasteiger partial charge is 0.407 e. The fraction of sp³-hybridized carbons (Fsp3) is 0.692. The number of amides is 1. The normalized spacial score (nSPS) is 15.2. The lowest BCUT2D eigenvalue weighted by Gasteiger charge is -2.26.